The summed E-state index contributed by atoms with van der Waals surface area (Å²) < 4.78 is 25.1. The average molecular weight is 152 g/mol. The van der Waals surface area contributed by atoms with Crippen LogP contribution in [0.3, 0.4) is 0 Å². The lowest BCUT2D eigenvalue weighted by Crippen LogP contribution is -2.32. The number of aliphatic hydroxyl groups excluding tert-OH is 1. The van der Waals surface area contributed by atoms with Gasteiger partial charge in [0.15, 0.2) is 0 Å². The van der Waals surface area contributed by atoms with Crippen molar-refractivity contribution >= 4 is 0 Å². The van der Waals surface area contributed by atoms with Gasteiger partial charge in [0.2, 0.25) is 0 Å². The van der Waals surface area contributed by atoms with Crippen LogP contribution in [0.25, 0.3) is 0 Å². The smallest absolute Gasteiger partial charge is 0.273 e. The molecule has 0 rings (SSSR count). The highest BCUT2D eigenvalue weighted by molar-refractivity contribution is 4.73. The van der Waals surface area contributed by atoms with Crippen LogP contribution in [-0.4, -0.2) is 17.1 Å². The van der Waals surface area contributed by atoms with Crippen molar-refractivity contribution in [2.24, 2.45) is 5.92 Å². The lowest BCUT2D eigenvalue weighted by molar-refractivity contribution is -0.111. The van der Waals surface area contributed by atoms with E-state index in [9.17, 15) is 8.78 Å². The number of aliphatic hydroxyl groups is 1. The SMILES string of the molecule is CC(C)CC(F)(F)C(C)O. The van der Waals surface area contributed by atoms with Gasteiger partial charge in [-0.15, -0.1) is 0 Å². The van der Waals surface area contributed by atoms with Crippen LogP contribution < -0.4 is 0 Å². The van der Waals surface area contributed by atoms with E-state index in [2.05, 4.69) is 0 Å². The molecule has 10 heavy (non-hydrogen) atoms. The van der Waals surface area contributed by atoms with Crippen LogP contribution in [0.5, 0.6) is 0 Å². The van der Waals surface area contributed by atoms with E-state index in [4.69, 9.17) is 5.11 Å². The van der Waals surface area contributed by atoms with Crippen molar-refractivity contribution in [3.8, 4) is 0 Å². The fourth-order valence-electron chi connectivity index (χ4n) is 0.715. The van der Waals surface area contributed by atoms with Gasteiger partial charge in [0.25, 0.3) is 5.92 Å². The molecule has 0 aromatic heterocycles. The van der Waals surface area contributed by atoms with E-state index < -0.39 is 12.0 Å². The summed E-state index contributed by atoms with van der Waals surface area (Å²) in [4.78, 5) is 0. The number of hydrogen-bond donors (Lipinski definition) is 1. The maximum atomic E-state index is 12.5. The molecule has 0 radical (unpaired) electrons. The molecule has 3 heteroatoms. The molecule has 1 nitrogen and oxygen atoms in total. The molecule has 1 N–H and O–H groups in total. The van der Waals surface area contributed by atoms with Gasteiger partial charge < -0.3 is 5.11 Å². The van der Waals surface area contributed by atoms with Crippen molar-refractivity contribution < 1.29 is 13.9 Å². The Kier molecular flexibility index (Phi) is 3.22. The number of rotatable bonds is 3. The highest BCUT2D eigenvalue weighted by atomic mass is 19.3. The number of alkyl halides is 2. The van der Waals surface area contributed by atoms with Crippen LogP contribution in [-0.2, 0) is 0 Å². The Morgan fingerprint density at radius 3 is 1.80 bits per heavy atom. The minimum absolute atomic E-state index is 0.0791. The molecule has 0 aliphatic carbocycles. The molecule has 0 aliphatic heterocycles. The van der Waals surface area contributed by atoms with Crippen LogP contribution >= 0.6 is 0 Å². The van der Waals surface area contributed by atoms with Crippen molar-refractivity contribution in [1.29, 1.82) is 0 Å². The Balaban J connectivity index is 3.87. The monoisotopic (exact) mass is 152 g/mol. The van der Waals surface area contributed by atoms with Gasteiger partial charge in [0.1, 0.15) is 6.10 Å². The predicted molar refractivity (Wildman–Crippen MR) is 36.1 cm³/mol. The van der Waals surface area contributed by atoms with Crippen molar-refractivity contribution in [1.82, 2.24) is 0 Å². The molecule has 0 saturated carbocycles. The normalized spacial score (nSPS) is 15.9. The second kappa shape index (κ2) is 3.28. The maximum Gasteiger partial charge on any atom is 0.273 e. The van der Waals surface area contributed by atoms with E-state index in [1.165, 1.54) is 0 Å². The van der Waals surface area contributed by atoms with E-state index in [1.807, 2.05) is 0 Å². The summed E-state index contributed by atoms with van der Waals surface area (Å²) in [6.07, 6.45) is -1.78. The van der Waals surface area contributed by atoms with Crippen molar-refractivity contribution in [2.75, 3.05) is 0 Å². The van der Waals surface area contributed by atoms with Crippen molar-refractivity contribution in [2.45, 2.75) is 39.2 Å². The summed E-state index contributed by atoms with van der Waals surface area (Å²) in [6.45, 7) is 4.52. The molecule has 0 aromatic carbocycles. The molecule has 0 aliphatic rings. The molecule has 0 amide bonds. The van der Waals surface area contributed by atoms with Crippen molar-refractivity contribution in [3.05, 3.63) is 0 Å². The summed E-state index contributed by atoms with van der Waals surface area (Å²) in [5.74, 6) is -3.00. The fraction of sp³-hybridized carbons (Fsp3) is 1.00. The Morgan fingerprint density at radius 1 is 1.30 bits per heavy atom. The molecule has 0 bridgehead atoms. The van der Waals surface area contributed by atoms with Gasteiger partial charge in [-0.25, -0.2) is 8.78 Å². The zero-order chi connectivity index (χ0) is 8.36. The number of hydrogen-bond acceptors (Lipinski definition) is 1. The molecule has 0 heterocycles. The van der Waals surface area contributed by atoms with Crippen LogP contribution in [0.2, 0.25) is 0 Å². The van der Waals surface area contributed by atoms with Crippen LogP contribution in [0.4, 0.5) is 8.78 Å². The lowest BCUT2D eigenvalue weighted by Gasteiger charge is -2.20. The first-order chi connectivity index (χ1) is 4.36. The molecule has 0 fully saturated rings. The standard InChI is InChI=1S/C7H14F2O/c1-5(2)4-7(8,9)6(3)10/h5-6,10H,4H2,1-3H3. The van der Waals surface area contributed by atoms with Gasteiger partial charge in [-0.3, -0.25) is 0 Å². The van der Waals surface area contributed by atoms with Crippen LogP contribution in [0.1, 0.15) is 27.2 Å². The summed E-state index contributed by atoms with van der Waals surface area (Å²) in [5, 5.41) is 8.58. The Labute approximate surface area is 60.1 Å². The summed E-state index contributed by atoms with van der Waals surface area (Å²) >= 11 is 0. The first kappa shape index (κ1) is 9.82. The predicted octanol–water partition coefficient (Wildman–Crippen LogP) is 2.05. The van der Waals surface area contributed by atoms with Crippen molar-refractivity contribution in [3.63, 3.8) is 0 Å². The highest BCUT2D eigenvalue weighted by Gasteiger charge is 2.35. The zero-order valence-electron chi connectivity index (χ0n) is 6.56. The minimum Gasteiger partial charge on any atom is -0.387 e. The topological polar surface area (TPSA) is 20.2 Å². The molecular formula is C7H14F2O. The van der Waals surface area contributed by atoms with Gasteiger partial charge >= 0.3 is 0 Å². The van der Waals surface area contributed by atoms with Gasteiger partial charge in [-0.1, -0.05) is 13.8 Å². The molecule has 0 spiro atoms. The van der Waals surface area contributed by atoms with Gasteiger partial charge in [0, 0.05) is 6.42 Å². The van der Waals surface area contributed by atoms with E-state index in [0.717, 1.165) is 6.92 Å². The molecular weight excluding hydrogens is 138 g/mol. The van der Waals surface area contributed by atoms with E-state index >= 15 is 0 Å². The third kappa shape index (κ3) is 3.11. The largest absolute Gasteiger partial charge is 0.387 e. The van der Waals surface area contributed by atoms with Crippen LogP contribution in [0.15, 0.2) is 0 Å². The third-order valence-corrected chi connectivity index (χ3v) is 1.29. The van der Waals surface area contributed by atoms with E-state index in [1.54, 1.807) is 13.8 Å². The molecule has 0 saturated heterocycles. The highest BCUT2D eigenvalue weighted by Crippen LogP contribution is 2.26. The Morgan fingerprint density at radius 2 is 1.70 bits per heavy atom. The lowest BCUT2D eigenvalue weighted by atomic mass is 10.0. The molecule has 62 valence electrons. The third-order valence-electron chi connectivity index (χ3n) is 1.29. The minimum atomic E-state index is -2.92. The Hall–Kier alpha value is -0.180. The Bertz CT molecular complexity index is 99.8. The van der Waals surface area contributed by atoms with Gasteiger partial charge in [-0.2, -0.15) is 0 Å². The molecule has 1 atom stereocenters. The second-order valence-corrected chi connectivity index (χ2v) is 3.03. The number of halogens is 2. The molecule has 1 unspecified atom stereocenters. The summed E-state index contributed by atoms with van der Waals surface area (Å²) in [6, 6.07) is 0. The first-order valence-corrected chi connectivity index (χ1v) is 3.42. The summed E-state index contributed by atoms with van der Waals surface area (Å²) in [7, 11) is 0. The average Bonchev–Trinajstić information content (AvgIpc) is 1.60. The van der Waals surface area contributed by atoms with E-state index in [-0.39, 0.29) is 12.3 Å². The summed E-state index contributed by atoms with van der Waals surface area (Å²) in [5.41, 5.74) is 0. The first-order valence-electron chi connectivity index (χ1n) is 3.42. The van der Waals surface area contributed by atoms with Gasteiger partial charge in [-0.05, 0) is 12.8 Å². The zero-order valence-corrected chi connectivity index (χ0v) is 6.56. The molecule has 0 aromatic rings. The fourth-order valence-corrected chi connectivity index (χ4v) is 0.715. The second-order valence-electron chi connectivity index (χ2n) is 3.03. The van der Waals surface area contributed by atoms with Gasteiger partial charge in [0.05, 0.1) is 0 Å². The maximum absolute atomic E-state index is 12.5. The quantitative estimate of drug-likeness (QED) is 0.656. The van der Waals surface area contributed by atoms with Crippen LogP contribution in [0, 0.1) is 5.92 Å². The van der Waals surface area contributed by atoms with E-state index in [0.29, 0.717) is 0 Å².